The van der Waals surface area contributed by atoms with E-state index in [-0.39, 0.29) is 17.4 Å². The van der Waals surface area contributed by atoms with Crippen LogP contribution in [0.4, 0.5) is 4.39 Å². The van der Waals surface area contributed by atoms with Gasteiger partial charge in [-0.2, -0.15) is 0 Å². The number of carbonyl (C=O) groups is 1. The molecule has 5 heteroatoms. The van der Waals surface area contributed by atoms with Crippen molar-refractivity contribution >= 4 is 21.8 Å². The summed E-state index contributed by atoms with van der Waals surface area (Å²) in [7, 11) is 0. The molecule has 19 heavy (non-hydrogen) atoms. The molecule has 1 aromatic carbocycles. The SMILES string of the molecule is O=C(c1c(O)cccc1F)N(CCBr)C1CCCC1. The third-order valence-corrected chi connectivity index (χ3v) is 3.91. The zero-order chi connectivity index (χ0) is 13.8. The van der Waals surface area contributed by atoms with Crippen LogP contribution in [0.5, 0.6) is 5.75 Å². The normalized spacial score (nSPS) is 15.7. The third-order valence-electron chi connectivity index (χ3n) is 3.56. The average Bonchev–Trinajstić information content (AvgIpc) is 2.89. The van der Waals surface area contributed by atoms with Crippen LogP contribution in [0.1, 0.15) is 36.0 Å². The van der Waals surface area contributed by atoms with E-state index in [1.807, 2.05) is 0 Å². The van der Waals surface area contributed by atoms with E-state index in [0.29, 0.717) is 11.9 Å². The molecule has 0 aromatic heterocycles. The average molecular weight is 330 g/mol. The first-order valence-electron chi connectivity index (χ1n) is 6.49. The van der Waals surface area contributed by atoms with E-state index in [2.05, 4.69) is 15.9 Å². The number of rotatable bonds is 4. The van der Waals surface area contributed by atoms with E-state index in [1.165, 1.54) is 18.2 Å². The zero-order valence-corrected chi connectivity index (χ0v) is 12.2. The van der Waals surface area contributed by atoms with Crippen LogP contribution in [0, 0.1) is 5.82 Å². The molecule has 1 amide bonds. The molecule has 104 valence electrons. The van der Waals surface area contributed by atoms with Crippen molar-refractivity contribution < 1.29 is 14.3 Å². The second kappa shape index (κ2) is 6.37. The summed E-state index contributed by atoms with van der Waals surface area (Å²) in [6, 6.07) is 4.10. The lowest BCUT2D eigenvalue weighted by Crippen LogP contribution is -2.40. The Morgan fingerprint density at radius 2 is 2.11 bits per heavy atom. The molecule has 1 fully saturated rings. The molecular weight excluding hydrogens is 313 g/mol. The number of aromatic hydroxyl groups is 1. The summed E-state index contributed by atoms with van der Waals surface area (Å²) >= 11 is 3.32. The Morgan fingerprint density at radius 3 is 2.68 bits per heavy atom. The third kappa shape index (κ3) is 3.08. The van der Waals surface area contributed by atoms with Gasteiger partial charge in [0, 0.05) is 17.9 Å². The van der Waals surface area contributed by atoms with Crippen LogP contribution in [-0.2, 0) is 0 Å². The minimum absolute atomic E-state index is 0.157. The van der Waals surface area contributed by atoms with E-state index >= 15 is 0 Å². The van der Waals surface area contributed by atoms with Crippen LogP contribution in [0.15, 0.2) is 18.2 Å². The largest absolute Gasteiger partial charge is 0.507 e. The lowest BCUT2D eigenvalue weighted by atomic mass is 10.1. The van der Waals surface area contributed by atoms with Crippen molar-refractivity contribution in [3.05, 3.63) is 29.6 Å². The molecule has 0 saturated heterocycles. The van der Waals surface area contributed by atoms with E-state index in [4.69, 9.17) is 0 Å². The van der Waals surface area contributed by atoms with Crippen LogP contribution in [0.25, 0.3) is 0 Å². The second-order valence-electron chi connectivity index (χ2n) is 4.76. The van der Waals surface area contributed by atoms with Gasteiger partial charge in [0.2, 0.25) is 0 Å². The Kier molecular flexibility index (Phi) is 4.80. The van der Waals surface area contributed by atoms with Gasteiger partial charge < -0.3 is 10.0 Å². The molecule has 0 bridgehead atoms. The lowest BCUT2D eigenvalue weighted by molar-refractivity contribution is 0.0688. The minimum Gasteiger partial charge on any atom is -0.507 e. The van der Waals surface area contributed by atoms with Crippen molar-refractivity contribution in [3.8, 4) is 5.75 Å². The van der Waals surface area contributed by atoms with Crippen LogP contribution in [-0.4, -0.2) is 33.8 Å². The number of phenolic OH excluding ortho intramolecular Hbond substituents is 1. The number of amides is 1. The molecule has 2 rings (SSSR count). The molecule has 3 nitrogen and oxygen atoms in total. The van der Waals surface area contributed by atoms with Crippen molar-refractivity contribution in [1.29, 1.82) is 0 Å². The van der Waals surface area contributed by atoms with Crippen LogP contribution < -0.4 is 0 Å². The zero-order valence-electron chi connectivity index (χ0n) is 10.6. The number of nitrogens with zero attached hydrogens (tertiary/aromatic N) is 1. The van der Waals surface area contributed by atoms with Gasteiger partial charge in [0.1, 0.15) is 17.1 Å². The first kappa shape index (κ1) is 14.3. The van der Waals surface area contributed by atoms with Gasteiger partial charge in [-0.1, -0.05) is 34.8 Å². The van der Waals surface area contributed by atoms with Gasteiger partial charge in [0.05, 0.1) is 0 Å². The highest BCUT2D eigenvalue weighted by molar-refractivity contribution is 9.09. The summed E-state index contributed by atoms with van der Waals surface area (Å²) in [4.78, 5) is 14.1. The molecule has 1 aliphatic rings. The van der Waals surface area contributed by atoms with Gasteiger partial charge in [-0.25, -0.2) is 4.39 Å². The van der Waals surface area contributed by atoms with Crippen LogP contribution in [0.2, 0.25) is 0 Å². The molecule has 0 aliphatic heterocycles. The highest BCUT2D eigenvalue weighted by Gasteiger charge is 2.29. The van der Waals surface area contributed by atoms with Gasteiger partial charge >= 0.3 is 0 Å². The molecule has 0 spiro atoms. The number of benzene rings is 1. The van der Waals surface area contributed by atoms with E-state index in [1.54, 1.807) is 4.90 Å². The first-order valence-corrected chi connectivity index (χ1v) is 7.61. The molecule has 1 aliphatic carbocycles. The van der Waals surface area contributed by atoms with Crippen molar-refractivity contribution in [2.75, 3.05) is 11.9 Å². The fraction of sp³-hybridized carbons (Fsp3) is 0.500. The Bertz CT molecular complexity index is 441. The summed E-state index contributed by atoms with van der Waals surface area (Å²) in [5.74, 6) is -1.37. The fourth-order valence-corrected chi connectivity index (χ4v) is 3.01. The van der Waals surface area contributed by atoms with E-state index in [9.17, 15) is 14.3 Å². The predicted molar refractivity (Wildman–Crippen MR) is 75.2 cm³/mol. The number of alkyl halides is 1. The summed E-state index contributed by atoms with van der Waals surface area (Å²) in [6.45, 7) is 0.525. The van der Waals surface area contributed by atoms with Crippen molar-refractivity contribution in [2.24, 2.45) is 0 Å². The number of hydrogen-bond donors (Lipinski definition) is 1. The first-order chi connectivity index (χ1) is 9.15. The summed E-state index contributed by atoms with van der Waals surface area (Å²) in [6.07, 6.45) is 4.10. The van der Waals surface area contributed by atoms with Gasteiger partial charge in [0.15, 0.2) is 0 Å². The van der Waals surface area contributed by atoms with Gasteiger partial charge in [-0.05, 0) is 25.0 Å². The standard InChI is InChI=1S/C14H17BrFNO2/c15-8-9-17(10-4-1-2-5-10)14(19)13-11(16)6-3-7-12(13)18/h3,6-7,10,18H,1-2,4-5,8-9H2. The summed E-state index contributed by atoms with van der Waals surface area (Å²) in [5, 5.41) is 10.4. The molecule has 1 aromatic rings. The maximum absolute atomic E-state index is 13.8. The van der Waals surface area contributed by atoms with Crippen molar-refractivity contribution in [3.63, 3.8) is 0 Å². The predicted octanol–water partition coefficient (Wildman–Crippen LogP) is 3.31. The molecule has 0 atom stereocenters. The van der Waals surface area contributed by atoms with Gasteiger partial charge in [-0.3, -0.25) is 4.79 Å². The number of halogens is 2. The van der Waals surface area contributed by atoms with Gasteiger partial charge in [-0.15, -0.1) is 0 Å². The van der Waals surface area contributed by atoms with E-state index in [0.717, 1.165) is 25.7 Å². The molecule has 0 heterocycles. The van der Waals surface area contributed by atoms with E-state index < -0.39 is 11.7 Å². The topological polar surface area (TPSA) is 40.5 Å². The maximum atomic E-state index is 13.8. The molecular formula is C14H17BrFNO2. The van der Waals surface area contributed by atoms with Crippen molar-refractivity contribution in [2.45, 2.75) is 31.7 Å². The monoisotopic (exact) mass is 329 g/mol. The molecule has 0 unspecified atom stereocenters. The molecule has 1 N–H and O–H groups in total. The number of phenols is 1. The summed E-state index contributed by atoms with van der Waals surface area (Å²) in [5.41, 5.74) is -0.213. The van der Waals surface area contributed by atoms with Crippen LogP contribution in [0.3, 0.4) is 0 Å². The maximum Gasteiger partial charge on any atom is 0.260 e. The van der Waals surface area contributed by atoms with Crippen LogP contribution >= 0.6 is 15.9 Å². The Balaban J connectivity index is 2.28. The Labute approximate surface area is 120 Å². The molecule has 0 radical (unpaired) electrons. The highest BCUT2D eigenvalue weighted by Crippen LogP contribution is 2.28. The van der Waals surface area contributed by atoms with Crippen molar-refractivity contribution in [1.82, 2.24) is 4.90 Å². The highest BCUT2D eigenvalue weighted by atomic mass is 79.9. The summed E-state index contributed by atoms with van der Waals surface area (Å²) < 4.78 is 13.8. The lowest BCUT2D eigenvalue weighted by Gasteiger charge is -2.28. The second-order valence-corrected chi connectivity index (χ2v) is 5.55. The fourth-order valence-electron chi connectivity index (χ4n) is 2.63. The number of carbonyl (C=O) groups excluding carboxylic acids is 1. The minimum atomic E-state index is -0.664. The quantitative estimate of drug-likeness (QED) is 0.861. The smallest absolute Gasteiger partial charge is 0.260 e. The molecule has 1 saturated carbocycles. The Morgan fingerprint density at radius 1 is 1.42 bits per heavy atom. The van der Waals surface area contributed by atoms with Gasteiger partial charge in [0.25, 0.3) is 5.91 Å². The Hall–Kier alpha value is -1.10. The number of hydrogen-bond acceptors (Lipinski definition) is 2.